The highest BCUT2D eigenvalue weighted by Gasteiger charge is 2.24. The minimum absolute atomic E-state index is 0.133. The Hall–Kier alpha value is -0.960. The number of allylic oxidation sites excluding steroid dienone is 1. The van der Waals surface area contributed by atoms with Crippen molar-refractivity contribution < 1.29 is 13.3 Å². The minimum Gasteiger partial charge on any atom is -0.258 e. The molecule has 0 spiro atoms. The standard InChI is InChI=1S/C9H11ClN2O4S2/c1-6(2)3-4-11-18(15,16)8-5-7(12(13)14)9(10)17-8/h3,5,11H,4H2,1-2H3. The first-order valence-electron chi connectivity index (χ1n) is 4.81. The molecule has 0 atom stereocenters. The van der Waals surface area contributed by atoms with E-state index in [4.69, 9.17) is 11.6 Å². The summed E-state index contributed by atoms with van der Waals surface area (Å²) >= 11 is 6.26. The van der Waals surface area contributed by atoms with Crippen LogP contribution in [0.15, 0.2) is 21.9 Å². The van der Waals surface area contributed by atoms with Crippen molar-refractivity contribution in [2.24, 2.45) is 0 Å². The maximum atomic E-state index is 11.8. The van der Waals surface area contributed by atoms with Crippen molar-refractivity contribution in [3.63, 3.8) is 0 Å². The van der Waals surface area contributed by atoms with Gasteiger partial charge in [-0.2, -0.15) is 0 Å². The Morgan fingerprint density at radius 2 is 2.22 bits per heavy atom. The molecule has 0 bridgehead atoms. The summed E-state index contributed by atoms with van der Waals surface area (Å²) < 4.78 is 25.6. The molecule has 1 N–H and O–H groups in total. The van der Waals surface area contributed by atoms with E-state index in [-0.39, 0.29) is 15.1 Å². The Kier molecular flexibility index (Phi) is 4.85. The highest BCUT2D eigenvalue weighted by Crippen LogP contribution is 2.35. The first-order chi connectivity index (χ1) is 8.24. The van der Waals surface area contributed by atoms with Crippen LogP contribution in [0.25, 0.3) is 0 Å². The maximum Gasteiger partial charge on any atom is 0.300 e. The van der Waals surface area contributed by atoms with Crippen molar-refractivity contribution in [2.75, 3.05) is 6.54 Å². The fraction of sp³-hybridized carbons (Fsp3) is 0.333. The Morgan fingerprint density at radius 3 is 2.67 bits per heavy atom. The van der Waals surface area contributed by atoms with Crippen LogP contribution in [0.2, 0.25) is 4.34 Å². The number of rotatable bonds is 5. The van der Waals surface area contributed by atoms with Gasteiger partial charge in [-0.3, -0.25) is 10.1 Å². The van der Waals surface area contributed by atoms with Gasteiger partial charge >= 0.3 is 0 Å². The first-order valence-corrected chi connectivity index (χ1v) is 7.48. The van der Waals surface area contributed by atoms with Crippen LogP contribution >= 0.6 is 22.9 Å². The van der Waals surface area contributed by atoms with Gasteiger partial charge in [-0.25, -0.2) is 13.1 Å². The summed E-state index contributed by atoms with van der Waals surface area (Å²) in [4.78, 5) is 9.85. The van der Waals surface area contributed by atoms with Gasteiger partial charge in [0.25, 0.3) is 15.7 Å². The summed E-state index contributed by atoms with van der Waals surface area (Å²) in [5, 5.41) is 10.6. The van der Waals surface area contributed by atoms with Gasteiger partial charge in [0.2, 0.25) is 0 Å². The zero-order valence-corrected chi connectivity index (χ0v) is 12.0. The third-order valence-electron chi connectivity index (χ3n) is 1.89. The second kappa shape index (κ2) is 5.79. The molecule has 18 heavy (non-hydrogen) atoms. The van der Waals surface area contributed by atoms with Crippen molar-refractivity contribution in [1.29, 1.82) is 0 Å². The van der Waals surface area contributed by atoms with E-state index < -0.39 is 20.6 Å². The van der Waals surface area contributed by atoms with Crippen LogP contribution in [0, 0.1) is 10.1 Å². The number of hydrogen-bond acceptors (Lipinski definition) is 5. The molecule has 1 aromatic heterocycles. The van der Waals surface area contributed by atoms with Crippen LogP contribution in [-0.2, 0) is 10.0 Å². The summed E-state index contributed by atoms with van der Waals surface area (Å²) in [6.07, 6.45) is 1.70. The number of nitrogens with zero attached hydrogens (tertiary/aromatic N) is 1. The van der Waals surface area contributed by atoms with Gasteiger partial charge in [0.15, 0.2) is 4.34 Å². The van der Waals surface area contributed by atoms with Crippen LogP contribution in [0.3, 0.4) is 0 Å². The van der Waals surface area contributed by atoms with Gasteiger partial charge in [-0.1, -0.05) is 23.3 Å². The third-order valence-corrected chi connectivity index (χ3v) is 5.13. The van der Waals surface area contributed by atoms with E-state index in [9.17, 15) is 18.5 Å². The number of nitrogens with one attached hydrogen (secondary N) is 1. The summed E-state index contributed by atoms with van der Waals surface area (Å²) in [7, 11) is -3.76. The van der Waals surface area contributed by atoms with Crippen LogP contribution in [0.4, 0.5) is 5.69 Å². The van der Waals surface area contributed by atoms with E-state index in [1.165, 1.54) is 0 Å². The molecule has 1 rings (SSSR count). The highest BCUT2D eigenvalue weighted by molar-refractivity contribution is 7.91. The average Bonchev–Trinajstić information content (AvgIpc) is 2.60. The van der Waals surface area contributed by atoms with Crippen molar-refractivity contribution in [3.05, 3.63) is 32.2 Å². The SMILES string of the molecule is CC(C)=CCNS(=O)(=O)c1cc([N+](=O)[O-])c(Cl)s1. The Balaban J connectivity index is 2.96. The maximum absolute atomic E-state index is 11.8. The lowest BCUT2D eigenvalue weighted by atomic mass is 10.3. The zero-order chi connectivity index (χ0) is 13.9. The van der Waals surface area contributed by atoms with Gasteiger partial charge < -0.3 is 0 Å². The van der Waals surface area contributed by atoms with Crippen LogP contribution in [0.1, 0.15) is 13.8 Å². The summed E-state index contributed by atoms with van der Waals surface area (Å²) in [6, 6.07) is 0.956. The lowest BCUT2D eigenvalue weighted by molar-refractivity contribution is -0.384. The van der Waals surface area contributed by atoms with E-state index in [0.717, 1.165) is 11.6 Å². The molecule has 0 unspecified atom stereocenters. The predicted octanol–water partition coefficient (Wildman–Crippen LogP) is 2.55. The van der Waals surface area contributed by atoms with Crippen LogP contribution < -0.4 is 4.72 Å². The Morgan fingerprint density at radius 1 is 1.61 bits per heavy atom. The molecule has 0 amide bonds. The molecule has 0 aliphatic heterocycles. The van der Waals surface area contributed by atoms with E-state index in [1.54, 1.807) is 6.08 Å². The first kappa shape index (κ1) is 15.1. The molecule has 0 fully saturated rings. The molecule has 9 heteroatoms. The average molecular weight is 311 g/mol. The van der Waals surface area contributed by atoms with E-state index in [1.807, 2.05) is 13.8 Å². The lowest BCUT2D eigenvalue weighted by Gasteiger charge is -2.00. The second-order valence-corrected chi connectivity index (χ2v) is 7.26. The van der Waals surface area contributed by atoms with Crippen molar-refractivity contribution in [1.82, 2.24) is 4.72 Å². The van der Waals surface area contributed by atoms with Crippen molar-refractivity contribution >= 4 is 38.6 Å². The topological polar surface area (TPSA) is 89.3 Å². The van der Waals surface area contributed by atoms with Crippen LogP contribution in [-0.4, -0.2) is 19.9 Å². The quantitative estimate of drug-likeness (QED) is 0.514. The molecule has 1 heterocycles. The van der Waals surface area contributed by atoms with Gasteiger partial charge in [0.05, 0.1) is 4.92 Å². The molecule has 0 saturated carbocycles. The number of halogens is 1. The lowest BCUT2D eigenvalue weighted by Crippen LogP contribution is -2.23. The summed E-state index contributed by atoms with van der Waals surface area (Å²) in [5.74, 6) is 0. The van der Waals surface area contributed by atoms with E-state index >= 15 is 0 Å². The molecule has 1 aromatic rings. The van der Waals surface area contributed by atoms with Crippen molar-refractivity contribution in [2.45, 2.75) is 18.1 Å². The minimum atomic E-state index is -3.76. The molecule has 6 nitrogen and oxygen atoms in total. The van der Waals surface area contributed by atoms with Crippen molar-refractivity contribution in [3.8, 4) is 0 Å². The Labute approximate surface area is 113 Å². The van der Waals surface area contributed by atoms with Gasteiger partial charge in [-0.05, 0) is 13.8 Å². The largest absolute Gasteiger partial charge is 0.300 e. The summed E-state index contributed by atoms with van der Waals surface area (Å²) in [6.45, 7) is 3.80. The highest BCUT2D eigenvalue weighted by atomic mass is 35.5. The molecule has 0 aliphatic rings. The fourth-order valence-electron chi connectivity index (χ4n) is 1.02. The molecule has 100 valence electrons. The Bertz CT molecular complexity index is 588. The van der Waals surface area contributed by atoms with Gasteiger partial charge in [0.1, 0.15) is 4.21 Å². The molecule has 0 saturated heterocycles. The fourth-order valence-corrected chi connectivity index (χ4v) is 3.69. The number of thiophene rings is 1. The second-order valence-electron chi connectivity index (χ2n) is 3.61. The molecule has 0 aromatic carbocycles. The number of sulfonamides is 1. The molecular formula is C9H11ClN2O4S2. The smallest absolute Gasteiger partial charge is 0.258 e. The van der Waals surface area contributed by atoms with Crippen LogP contribution in [0.5, 0.6) is 0 Å². The number of nitro groups is 1. The van der Waals surface area contributed by atoms with Gasteiger partial charge in [0, 0.05) is 12.6 Å². The predicted molar refractivity (Wildman–Crippen MR) is 70.6 cm³/mol. The number of hydrogen-bond donors (Lipinski definition) is 1. The van der Waals surface area contributed by atoms with E-state index in [0.29, 0.717) is 11.3 Å². The van der Waals surface area contributed by atoms with Gasteiger partial charge in [-0.15, -0.1) is 11.3 Å². The molecule has 0 aliphatic carbocycles. The third kappa shape index (κ3) is 3.77. The van der Waals surface area contributed by atoms with E-state index in [2.05, 4.69) is 4.72 Å². The molecular weight excluding hydrogens is 300 g/mol. The monoisotopic (exact) mass is 310 g/mol. The zero-order valence-electron chi connectivity index (χ0n) is 9.64. The summed E-state index contributed by atoms with van der Waals surface area (Å²) in [5.41, 5.74) is 0.567. The normalized spacial score (nSPS) is 11.3. The molecule has 0 radical (unpaired) electrons.